The van der Waals surface area contributed by atoms with Crippen molar-refractivity contribution in [3.8, 4) is 0 Å². The highest BCUT2D eigenvalue weighted by molar-refractivity contribution is 6.01. The molecule has 5 aliphatic rings. The van der Waals surface area contributed by atoms with Gasteiger partial charge in [0.2, 0.25) is 12.1 Å². The molecule has 3 fully saturated rings. The van der Waals surface area contributed by atoms with Crippen LogP contribution in [0.25, 0.3) is 0 Å². The monoisotopic (exact) mass is 662 g/mol. The summed E-state index contributed by atoms with van der Waals surface area (Å²) in [5.41, 5.74) is -4.74. The van der Waals surface area contributed by atoms with Crippen LogP contribution in [0.4, 0.5) is 0 Å². The van der Waals surface area contributed by atoms with Crippen molar-refractivity contribution in [2.24, 2.45) is 39.4 Å². The number of allylic oxidation sites excluding steroid dienone is 4. The molecule has 11 heteroatoms. The molecule has 5 rings (SSSR count). The first-order valence-electron chi connectivity index (χ1n) is 16.8. The molecule has 0 aromatic rings. The van der Waals surface area contributed by atoms with Gasteiger partial charge in [0.1, 0.15) is 30.0 Å². The fraction of sp³-hybridized carbons (Fsp3) is 0.778. The Morgan fingerprint density at radius 3 is 2.23 bits per heavy atom. The molecule has 0 amide bonds. The summed E-state index contributed by atoms with van der Waals surface area (Å²) in [7, 11) is 0. The maximum Gasteiger partial charge on any atom is 0.229 e. The van der Waals surface area contributed by atoms with Crippen LogP contribution in [0.3, 0.4) is 0 Å². The Labute approximate surface area is 277 Å². The van der Waals surface area contributed by atoms with Crippen molar-refractivity contribution in [3.05, 3.63) is 35.6 Å². The fourth-order valence-corrected chi connectivity index (χ4v) is 10.2. The highest BCUT2D eigenvalue weighted by Crippen LogP contribution is 2.74. The molecule has 0 aromatic heterocycles. The average Bonchev–Trinajstić information content (AvgIpc) is 3.19. The number of hydrogen-bond acceptors (Lipinski definition) is 11. The molecular weight excluding hydrogens is 608 g/mol. The summed E-state index contributed by atoms with van der Waals surface area (Å²) < 4.78 is 11.6. The Kier molecular flexibility index (Phi) is 8.93. The van der Waals surface area contributed by atoms with Crippen LogP contribution in [0.2, 0.25) is 0 Å². The zero-order valence-corrected chi connectivity index (χ0v) is 28.8. The van der Waals surface area contributed by atoms with Crippen molar-refractivity contribution in [2.45, 2.75) is 129 Å². The van der Waals surface area contributed by atoms with Crippen LogP contribution in [0.15, 0.2) is 35.6 Å². The molecule has 0 bridgehead atoms. The van der Waals surface area contributed by atoms with Gasteiger partial charge in [-0.1, -0.05) is 38.5 Å². The van der Waals surface area contributed by atoms with E-state index in [0.29, 0.717) is 25.7 Å². The highest BCUT2D eigenvalue weighted by Gasteiger charge is 2.72. The first kappa shape index (κ1) is 36.3. The summed E-state index contributed by atoms with van der Waals surface area (Å²) in [5.74, 6) is -1.98. The summed E-state index contributed by atoms with van der Waals surface area (Å²) in [6.07, 6.45) is 0.140. The Morgan fingerprint density at radius 2 is 1.64 bits per heavy atom. The summed E-state index contributed by atoms with van der Waals surface area (Å²) in [4.78, 5) is 27.3. The highest BCUT2D eigenvalue weighted by atomic mass is 16.7. The molecule has 0 spiro atoms. The van der Waals surface area contributed by atoms with Crippen molar-refractivity contribution >= 4 is 11.6 Å². The minimum atomic E-state index is -1.89. The number of carbonyl (C=O) groups excluding carboxylic acids is 2. The molecule has 1 aliphatic heterocycles. The maximum atomic E-state index is 13.9. The van der Waals surface area contributed by atoms with E-state index in [1.807, 2.05) is 13.8 Å². The van der Waals surface area contributed by atoms with E-state index in [1.165, 1.54) is 32.9 Å². The van der Waals surface area contributed by atoms with E-state index in [2.05, 4.69) is 26.8 Å². The van der Waals surface area contributed by atoms with Crippen molar-refractivity contribution in [2.75, 3.05) is 6.61 Å². The number of rotatable bonds is 7. The lowest BCUT2D eigenvalue weighted by Gasteiger charge is -2.64. The third-order valence-electron chi connectivity index (χ3n) is 13.0. The number of hydrogen-bond donors (Lipinski definition) is 7. The van der Waals surface area contributed by atoms with Gasteiger partial charge in [0.05, 0.1) is 23.7 Å². The van der Waals surface area contributed by atoms with Gasteiger partial charge in [-0.3, -0.25) is 9.59 Å². The maximum absolute atomic E-state index is 13.9. The van der Waals surface area contributed by atoms with E-state index < -0.39 is 88.0 Å². The van der Waals surface area contributed by atoms with Crippen molar-refractivity contribution in [1.82, 2.24) is 0 Å². The van der Waals surface area contributed by atoms with Gasteiger partial charge < -0.3 is 45.2 Å². The van der Waals surface area contributed by atoms with Crippen molar-refractivity contribution in [3.63, 3.8) is 0 Å². The van der Waals surface area contributed by atoms with Crippen LogP contribution in [0.1, 0.15) is 81.1 Å². The van der Waals surface area contributed by atoms with Crippen LogP contribution in [0.5, 0.6) is 0 Å². The van der Waals surface area contributed by atoms with Gasteiger partial charge >= 0.3 is 0 Å². The van der Waals surface area contributed by atoms with Gasteiger partial charge in [-0.15, -0.1) is 0 Å². The first-order valence-corrected chi connectivity index (χ1v) is 16.8. The van der Waals surface area contributed by atoms with Gasteiger partial charge in [-0.05, 0) is 94.6 Å². The Morgan fingerprint density at radius 1 is 1.00 bits per heavy atom. The van der Waals surface area contributed by atoms with Crippen LogP contribution in [0, 0.1) is 39.4 Å². The Balaban J connectivity index is 1.51. The van der Waals surface area contributed by atoms with Crippen LogP contribution < -0.4 is 0 Å². The second kappa shape index (κ2) is 11.6. The van der Waals surface area contributed by atoms with Crippen molar-refractivity contribution in [1.29, 1.82) is 0 Å². The molecule has 11 nitrogen and oxygen atoms in total. The smallest absolute Gasteiger partial charge is 0.229 e. The molecule has 0 aromatic carbocycles. The van der Waals surface area contributed by atoms with E-state index >= 15 is 0 Å². The molecule has 47 heavy (non-hydrogen) atoms. The second-order valence-corrected chi connectivity index (χ2v) is 16.8. The van der Waals surface area contributed by atoms with Crippen LogP contribution >= 0.6 is 0 Å². The lowest BCUT2D eigenvalue weighted by Crippen LogP contribution is -2.61. The predicted octanol–water partition coefficient (Wildman–Crippen LogP) is 1.70. The van der Waals surface area contributed by atoms with Crippen LogP contribution in [-0.2, 0) is 19.1 Å². The van der Waals surface area contributed by atoms with Gasteiger partial charge in [0.15, 0.2) is 11.5 Å². The predicted molar refractivity (Wildman–Crippen MR) is 170 cm³/mol. The number of aliphatic hydroxyl groups is 7. The molecular formula is C36H54O11. The van der Waals surface area contributed by atoms with Gasteiger partial charge in [0, 0.05) is 11.8 Å². The number of ether oxygens (including phenoxy) is 2. The van der Waals surface area contributed by atoms with Crippen LogP contribution in [-0.4, -0.2) is 102 Å². The molecule has 2 saturated carbocycles. The molecule has 0 radical (unpaired) electrons. The van der Waals surface area contributed by atoms with Crippen molar-refractivity contribution < 1.29 is 54.8 Å². The zero-order chi connectivity index (χ0) is 35.3. The van der Waals surface area contributed by atoms with E-state index in [-0.39, 0.29) is 23.4 Å². The Bertz CT molecular complexity index is 1370. The van der Waals surface area contributed by atoms with Gasteiger partial charge in [-0.25, -0.2) is 0 Å². The molecule has 264 valence electrons. The number of carbonyl (C=O) groups is 2. The first-order chi connectivity index (χ1) is 21.5. The average molecular weight is 663 g/mol. The molecule has 4 aliphatic carbocycles. The standard InChI is InChI=1S/C36H54O11/c1-31(2,44)12-11-24(39)36(8,45)28-20(38)16-35(7)23-10-9-18-19(33(23,5)13-14-34(28,35)6)15-21(29(43)32(18,3)4)46-30-27(42)26(41)25(40)22(17-37)47-30/h9,11-12,15,19-20,22-23,25-28,30,37-38,40-42,44-45H,10,13-14,16-17H2,1-8H3/b12-11+/t19-,20-,22-,23-,25-,26+,27-,28+,30-,33+,34-,35+,36+/m1/s1. The Hall–Kier alpha value is -1.96. The SMILES string of the molecule is CC(C)(O)/C=C/C(=O)[C@](C)(O)[C@H]1[C@H](O)C[C@@]2(C)[C@@H]3CC=C4[C@@H](C=C(O[C@@H]5O[C@H](CO)[C@@H](O)[C@H](O)[C@H]5O)C(=O)C4(C)C)[C@]3(C)CC[C@]12C. The molecule has 7 N–H and O–H groups in total. The molecule has 1 heterocycles. The van der Waals surface area contributed by atoms with Gasteiger partial charge in [0.25, 0.3) is 0 Å². The van der Waals surface area contributed by atoms with E-state index in [9.17, 15) is 45.3 Å². The fourth-order valence-electron chi connectivity index (χ4n) is 10.2. The third kappa shape index (κ3) is 5.40. The zero-order valence-electron chi connectivity index (χ0n) is 28.8. The number of Topliss-reactive ketones (excluding diaryl/α,β-unsaturated/α-hetero) is 1. The number of ketones is 2. The third-order valence-corrected chi connectivity index (χ3v) is 13.0. The summed E-state index contributed by atoms with van der Waals surface area (Å²) in [5, 5.41) is 74.4. The normalized spacial score (nSPS) is 46.1. The van der Waals surface area contributed by atoms with Gasteiger partial charge in [-0.2, -0.15) is 0 Å². The molecule has 1 saturated heterocycles. The number of aliphatic hydroxyl groups excluding tert-OH is 5. The second-order valence-electron chi connectivity index (χ2n) is 16.8. The number of fused-ring (bicyclic) bond motifs is 5. The summed E-state index contributed by atoms with van der Waals surface area (Å²) in [6.45, 7) is 13.9. The molecule has 13 atom stereocenters. The molecule has 0 unspecified atom stereocenters. The van der Waals surface area contributed by atoms with E-state index in [4.69, 9.17) is 9.47 Å². The topological polar surface area (TPSA) is 194 Å². The summed E-state index contributed by atoms with van der Waals surface area (Å²) >= 11 is 0. The minimum absolute atomic E-state index is 0.0197. The largest absolute Gasteiger partial charge is 0.459 e. The van der Waals surface area contributed by atoms with E-state index in [0.717, 1.165) is 5.57 Å². The minimum Gasteiger partial charge on any atom is -0.459 e. The summed E-state index contributed by atoms with van der Waals surface area (Å²) in [6, 6.07) is 0. The quantitative estimate of drug-likeness (QED) is 0.155. The lowest BCUT2D eigenvalue weighted by molar-refractivity contribution is -0.291. The lowest BCUT2D eigenvalue weighted by atomic mass is 9.39. The van der Waals surface area contributed by atoms with E-state index in [1.54, 1.807) is 6.08 Å².